The molecule has 38 heavy (non-hydrogen) atoms. The lowest BCUT2D eigenvalue weighted by Crippen LogP contribution is -2.67. The molecule has 0 unspecified atom stereocenters. The van der Waals surface area contributed by atoms with Crippen molar-refractivity contribution in [2.24, 2.45) is 5.41 Å². The summed E-state index contributed by atoms with van der Waals surface area (Å²) in [6.45, 7) is 6.12. The molecule has 3 saturated heterocycles. The third-order valence-electron chi connectivity index (χ3n) is 7.76. The standard InChI is InChI=1S/C27H27F3N4O4/c1-17-18(3-2-4-21(17)27(28,29)30)11-33-12-20(25(36)34-13-26(14-34)15-38-16-26)24(35)23-22(33)9-19(10-31-23)32-5-7-37-8-6-32/h2-4,9-10,12H,5-8,11,13-16H2,1H3. The normalized spacial score (nSPS) is 18.9. The summed E-state index contributed by atoms with van der Waals surface area (Å²) in [6, 6.07) is 5.88. The first-order valence-corrected chi connectivity index (χ1v) is 12.5. The summed E-state index contributed by atoms with van der Waals surface area (Å²) in [5.74, 6) is -0.400. The van der Waals surface area contributed by atoms with Gasteiger partial charge in [0.15, 0.2) is 0 Å². The van der Waals surface area contributed by atoms with Crippen LogP contribution in [0, 0.1) is 12.3 Å². The highest BCUT2D eigenvalue weighted by molar-refractivity contribution is 5.97. The second-order valence-electron chi connectivity index (χ2n) is 10.4. The fraction of sp³-hybridized carbons (Fsp3) is 0.444. The lowest BCUT2D eigenvalue weighted by molar-refractivity contribution is -0.176. The van der Waals surface area contributed by atoms with Gasteiger partial charge in [-0.15, -0.1) is 0 Å². The molecule has 0 saturated carbocycles. The number of amides is 1. The zero-order valence-electron chi connectivity index (χ0n) is 20.9. The minimum Gasteiger partial charge on any atom is -0.380 e. The summed E-state index contributed by atoms with van der Waals surface area (Å²) in [4.78, 5) is 35.0. The Kier molecular flexibility index (Phi) is 5.95. The molecule has 3 fully saturated rings. The number of morpholine rings is 1. The van der Waals surface area contributed by atoms with Crippen LogP contribution in [0.4, 0.5) is 18.9 Å². The fourth-order valence-electron chi connectivity index (χ4n) is 5.52. The van der Waals surface area contributed by atoms with Crippen molar-refractivity contribution in [2.45, 2.75) is 19.6 Å². The Bertz CT molecular complexity index is 1470. The Morgan fingerprint density at radius 2 is 1.87 bits per heavy atom. The van der Waals surface area contributed by atoms with E-state index in [1.54, 1.807) is 21.7 Å². The Morgan fingerprint density at radius 3 is 2.53 bits per heavy atom. The van der Waals surface area contributed by atoms with Gasteiger partial charge in [0.2, 0.25) is 5.43 Å². The summed E-state index contributed by atoms with van der Waals surface area (Å²) in [6.07, 6.45) is -1.41. The van der Waals surface area contributed by atoms with Crippen molar-refractivity contribution in [3.63, 3.8) is 0 Å². The number of carbonyl (C=O) groups is 1. The predicted molar refractivity (Wildman–Crippen MR) is 133 cm³/mol. The molecular weight excluding hydrogens is 501 g/mol. The first-order valence-electron chi connectivity index (χ1n) is 12.5. The van der Waals surface area contributed by atoms with Gasteiger partial charge in [-0.2, -0.15) is 13.2 Å². The van der Waals surface area contributed by atoms with Gasteiger partial charge in [0.1, 0.15) is 11.1 Å². The largest absolute Gasteiger partial charge is 0.416 e. The van der Waals surface area contributed by atoms with Gasteiger partial charge in [-0.1, -0.05) is 12.1 Å². The van der Waals surface area contributed by atoms with E-state index >= 15 is 0 Å². The lowest BCUT2D eigenvalue weighted by atomic mass is 9.78. The number of likely N-dealkylation sites (tertiary alicyclic amines) is 1. The van der Waals surface area contributed by atoms with Crippen molar-refractivity contribution < 1.29 is 27.4 Å². The number of pyridine rings is 2. The molecular formula is C27H27F3N4O4. The number of ether oxygens (including phenoxy) is 2. The van der Waals surface area contributed by atoms with Gasteiger partial charge in [-0.3, -0.25) is 9.59 Å². The molecule has 200 valence electrons. The van der Waals surface area contributed by atoms with E-state index < -0.39 is 23.1 Å². The quantitative estimate of drug-likeness (QED) is 0.518. The Morgan fingerprint density at radius 1 is 1.13 bits per heavy atom. The number of carbonyl (C=O) groups excluding carboxylic acids is 1. The minimum absolute atomic E-state index is 0.0218. The molecule has 0 bridgehead atoms. The number of fused-ring (bicyclic) bond motifs is 1. The number of hydrogen-bond donors (Lipinski definition) is 0. The maximum atomic E-state index is 13.6. The molecule has 0 N–H and O–H groups in total. The second-order valence-corrected chi connectivity index (χ2v) is 10.4. The second kappa shape index (κ2) is 9.09. The highest BCUT2D eigenvalue weighted by Crippen LogP contribution is 2.38. The first-order chi connectivity index (χ1) is 18.2. The topological polar surface area (TPSA) is 76.9 Å². The predicted octanol–water partition coefficient (Wildman–Crippen LogP) is 3.08. The molecule has 3 aromatic rings. The lowest BCUT2D eigenvalue weighted by Gasteiger charge is -2.54. The summed E-state index contributed by atoms with van der Waals surface area (Å²) < 4.78 is 53.2. The van der Waals surface area contributed by atoms with Gasteiger partial charge in [-0.05, 0) is 30.2 Å². The molecule has 6 rings (SSSR count). The average Bonchev–Trinajstić information content (AvgIpc) is 2.84. The van der Waals surface area contributed by atoms with Crippen molar-refractivity contribution in [2.75, 3.05) is 57.5 Å². The van der Waals surface area contributed by atoms with E-state index in [2.05, 4.69) is 9.88 Å². The fourth-order valence-corrected chi connectivity index (χ4v) is 5.52. The maximum absolute atomic E-state index is 13.6. The molecule has 0 atom stereocenters. The third kappa shape index (κ3) is 4.23. The van der Waals surface area contributed by atoms with Crippen molar-refractivity contribution in [1.29, 1.82) is 0 Å². The van der Waals surface area contributed by atoms with Crippen molar-refractivity contribution >= 4 is 22.6 Å². The van der Waals surface area contributed by atoms with E-state index in [1.807, 2.05) is 6.07 Å². The van der Waals surface area contributed by atoms with Gasteiger partial charge in [-0.25, -0.2) is 4.98 Å². The van der Waals surface area contributed by atoms with Crippen LogP contribution in [0.3, 0.4) is 0 Å². The highest BCUT2D eigenvalue weighted by atomic mass is 19.4. The monoisotopic (exact) mass is 528 g/mol. The van der Waals surface area contributed by atoms with Crippen LogP contribution in [0.2, 0.25) is 0 Å². The zero-order chi connectivity index (χ0) is 26.7. The summed E-state index contributed by atoms with van der Waals surface area (Å²) >= 11 is 0. The zero-order valence-corrected chi connectivity index (χ0v) is 20.9. The molecule has 0 aliphatic carbocycles. The van der Waals surface area contributed by atoms with Crippen LogP contribution >= 0.6 is 0 Å². The van der Waals surface area contributed by atoms with Crippen LogP contribution in [0.15, 0.2) is 41.5 Å². The van der Waals surface area contributed by atoms with Crippen LogP contribution < -0.4 is 10.3 Å². The number of rotatable bonds is 4. The molecule has 8 nitrogen and oxygen atoms in total. The van der Waals surface area contributed by atoms with Crippen LogP contribution in [-0.2, 0) is 22.2 Å². The van der Waals surface area contributed by atoms with E-state index in [4.69, 9.17) is 9.47 Å². The number of halogens is 3. The molecule has 0 radical (unpaired) electrons. The van der Waals surface area contributed by atoms with Gasteiger partial charge < -0.3 is 23.8 Å². The van der Waals surface area contributed by atoms with Gasteiger partial charge in [0, 0.05) is 38.9 Å². The van der Waals surface area contributed by atoms with E-state index in [0.29, 0.717) is 63.7 Å². The first kappa shape index (κ1) is 24.9. The number of nitrogens with zero attached hydrogens (tertiary/aromatic N) is 4. The van der Waals surface area contributed by atoms with E-state index in [9.17, 15) is 22.8 Å². The maximum Gasteiger partial charge on any atom is 0.416 e. The number of hydrogen-bond acceptors (Lipinski definition) is 6. The SMILES string of the molecule is Cc1c(Cn2cc(C(=O)N3CC4(COC4)C3)c(=O)c3ncc(N4CCOCC4)cc32)cccc1C(F)(F)F. The minimum atomic E-state index is -4.49. The smallest absolute Gasteiger partial charge is 0.380 e. The van der Waals surface area contributed by atoms with Crippen molar-refractivity contribution in [1.82, 2.24) is 14.5 Å². The molecule has 1 spiro atoms. The number of benzene rings is 1. The van der Waals surface area contributed by atoms with E-state index in [1.165, 1.54) is 19.2 Å². The molecule has 3 aliphatic rings. The summed E-state index contributed by atoms with van der Waals surface area (Å²) in [5, 5.41) is 0. The highest BCUT2D eigenvalue weighted by Gasteiger charge is 2.51. The molecule has 5 heterocycles. The molecule has 1 amide bonds. The van der Waals surface area contributed by atoms with Gasteiger partial charge in [0.05, 0.1) is 54.8 Å². The van der Waals surface area contributed by atoms with E-state index in [-0.39, 0.29) is 28.6 Å². The Hall–Kier alpha value is -3.44. The van der Waals surface area contributed by atoms with Crippen molar-refractivity contribution in [3.8, 4) is 0 Å². The molecule has 3 aliphatic heterocycles. The van der Waals surface area contributed by atoms with Crippen LogP contribution in [0.25, 0.3) is 11.0 Å². The third-order valence-corrected chi connectivity index (χ3v) is 7.76. The Labute approximate surface area is 216 Å². The summed E-state index contributed by atoms with van der Waals surface area (Å²) in [5.41, 5.74) is 0.637. The number of aromatic nitrogens is 2. The number of anilines is 1. The molecule has 11 heteroatoms. The average molecular weight is 529 g/mol. The van der Waals surface area contributed by atoms with Crippen molar-refractivity contribution in [3.05, 3.63) is 69.1 Å². The van der Waals surface area contributed by atoms with Gasteiger partial charge >= 0.3 is 6.18 Å². The van der Waals surface area contributed by atoms with Crippen LogP contribution in [-0.4, -0.2) is 73.0 Å². The van der Waals surface area contributed by atoms with E-state index in [0.717, 1.165) is 11.8 Å². The summed E-state index contributed by atoms with van der Waals surface area (Å²) in [7, 11) is 0. The van der Waals surface area contributed by atoms with Crippen LogP contribution in [0.5, 0.6) is 0 Å². The molecule has 2 aromatic heterocycles. The van der Waals surface area contributed by atoms with Crippen LogP contribution in [0.1, 0.15) is 27.0 Å². The molecule has 1 aromatic carbocycles. The van der Waals surface area contributed by atoms with Gasteiger partial charge in [0.25, 0.3) is 5.91 Å². The Balaban J connectivity index is 1.44. The number of alkyl halides is 3.